The summed E-state index contributed by atoms with van der Waals surface area (Å²) in [7, 11) is 2.38. The van der Waals surface area contributed by atoms with Crippen molar-refractivity contribution in [3.05, 3.63) is 33.1 Å². The molecule has 3 atom stereocenters. The zero-order valence-electron chi connectivity index (χ0n) is 8.85. The van der Waals surface area contributed by atoms with Gasteiger partial charge in [-0.2, -0.15) is 0 Å². The minimum absolute atomic E-state index is 0.443. The monoisotopic (exact) mass is 248 g/mol. The molecule has 0 spiro atoms. The maximum Gasteiger partial charge on any atom is 0.330 e. The van der Waals surface area contributed by atoms with E-state index in [9.17, 15) is 14.0 Å². The van der Waals surface area contributed by atoms with Crippen LogP contribution in [0.1, 0.15) is 13.2 Å². The number of nitrogens with one attached hydrogen (secondary N) is 1. The number of ether oxygens (including phenoxy) is 1. The zero-order valence-corrected chi connectivity index (χ0v) is 10.0. The first-order chi connectivity index (χ1) is 7.58. The third-order valence-electron chi connectivity index (χ3n) is 2.07. The van der Waals surface area contributed by atoms with Gasteiger partial charge >= 0.3 is 5.69 Å². The molecule has 7 heteroatoms. The fraction of sp³-hybridized carbons (Fsp3) is 0.556. The van der Waals surface area contributed by atoms with E-state index in [2.05, 4.69) is 14.2 Å². The van der Waals surface area contributed by atoms with Crippen LogP contribution in [0.15, 0.2) is 21.9 Å². The molecule has 0 aliphatic carbocycles. The lowest BCUT2D eigenvalue weighted by molar-refractivity contribution is -0.0433. The summed E-state index contributed by atoms with van der Waals surface area (Å²) in [6, 6.07) is 1.21. The molecule has 0 bridgehead atoms. The van der Waals surface area contributed by atoms with Gasteiger partial charge in [-0.05, 0) is 13.1 Å². The summed E-state index contributed by atoms with van der Waals surface area (Å²) in [5.74, 6) is 0. The van der Waals surface area contributed by atoms with Crippen LogP contribution in [0.2, 0.25) is 0 Å². The molecule has 0 saturated heterocycles. The fourth-order valence-electron chi connectivity index (χ4n) is 1.21. The van der Waals surface area contributed by atoms with Gasteiger partial charge in [0.15, 0.2) is 0 Å². The van der Waals surface area contributed by atoms with E-state index < -0.39 is 30.3 Å². The van der Waals surface area contributed by atoms with E-state index in [1.54, 1.807) is 6.92 Å². The predicted octanol–water partition coefficient (Wildman–Crippen LogP) is 0.285. The Kier molecular flexibility index (Phi) is 4.83. The van der Waals surface area contributed by atoms with Crippen LogP contribution in [0.25, 0.3) is 0 Å². The molecular formula is C9H14FN2O3P. The minimum atomic E-state index is -0.620. The highest BCUT2D eigenvalue weighted by Crippen LogP contribution is 2.09. The number of aromatic nitrogens is 2. The number of hydrogen-bond donors (Lipinski definition) is 1. The Morgan fingerprint density at radius 2 is 2.31 bits per heavy atom. The van der Waals surface area contributed by atoms with E-state index in [1.807, 2.05) is 0 Å². The van der Waals surface area contributed by atoms with E-state index in [-0.39, 0.29) is 0 Å². The molecule has 0 fully saturated rings. The second-order valence-electron chi connectivity index (χ2n) is 3.26. The predicted molar refractivity (Wildman–Crippen MR) is 61.5 cm³/mol. The maximum atomic E-state index is 12.4. The molecule has 90 valence electrons. The van der Waals surface area contributed by atoms with Gasteiger partial charge in [0.1, 0.15) is 12.9 Å². The molecule has 1 rings (SSSR count). The van der Waals surface area contributed by atoms with E-state index in [4.69, 9.17) is 4.74 Å². The summed E-state index contributed by atoms with van der Waals surface area (Å²) >= 11 is 0. The molecule has 1 aromatic rings. The number of hydrogen-bond acceptors (Lipinski definition) is 3. The fourth-order valence-corrected chi connectivity index (χ4v) is 1.45. The van der Waals surface area contributed by atoms with E-state index in [0.29, 0.717) is 6.16 Å². The molecule has 0 radical (unpaired) electrons. The molecule has 0 aliphatic rings. The molecule has 3 unspecified atom stereocenters. The molecule has 0 aliphatic heterocycles. The van der Waals surface area contributed by atoms with Crippen molar-refractivity contribution >= 4 is 9.24 Å². The summed E-state index contributed by atoms with van der Waals surface area (Å²) < 4.78 is 18.9. The molecule has 1 N–H and O–H groups in total. The van der Waals surface area contributed by atoms with Gasteiger partial charge < -0.3 is 4.74 Å². The van der Waals surface area contributed by atoms with Gasteiger partial charge in [-0.25, -0.2) is 9.18 Å². The third-order valence-corrected chi connectivity index (χ3v) is 2.59. The molecule has 16 heavy (non-hydrogen) atoms. The summed E-state index contributed by atoms with van der Waals surface area (Å²) in [6.45, 7) is 0.995. The van der Waals surface area contributed by atoms with Crippen molar-refractivity contribution in [3.63, 3.8) is 0 Å². The van der Waals surface area contributed by atoms with Crippen LogP contribution >= 0.6 is 9.24 Å². The average Bonchev–Trinajstić information content (AvgIpc) is 2.25. The Morgan fingerprint density at radius 1 is 1.62 bits per heavy atom. The van der Waals surface area contributed by atoms with Crippen molar-refractivity contribution < 1.29 is 9.13 Å². The normalized spacial score (nSPS) is 14.7. The summed E-state index contributed by atoms with van der Waals surface area (Å²) in [4.78, 5) is 24.3. The van der Waals surface area contributed by atoms with Gasteiger partial charge in [0.05, 0.1) is 6.10 Å². The SMILES string of the molecule is CC(OC(CF)CP)n1ccc(=O)[nH]c1=O. The van der Waals surface area contributed by atoms with E-state index in [0.717, 1.165) is 0 Å². The van der Waals surface area contributed by atoms with Crippen LogP contribution in [0.3, 0.4) is 0 Å². The maximum absolute atomic E-state index is 12.4. The van der Waals surface area contributed by atoms with Crippen molar-refractivity contribution in [2.75, 3.05) is 12.8 Å². The Bertz CT molecular complexity index is 441. The van der Waals surface area contributed by atoms with Gasteiger partial charge in [0.2, 0.25) is 0 Å². The number of rotatable bonds is 5. The average molecular weight is 248 g/mol. The number of halogens is 1. The van der Waals surface area contributed by atoms with Crippen LogP contribution in [0, 0.1) is 0 Å². The van der Waals surface area contributed by atoms with Crippen LogP contribution in [-0.4, -0.2) is 28.5 Å². The molecule has 0 saturated carbocycles. The van der Waals surface area contributed by atoms with E-state index in [1.165, 1.54) is 16.8 Å². The Balaban J connectivity index is 2.84. The Labute approximate surface area is 93.8 Å². The second-order valence-corrected chi connectivity index (χ2v) is 3.74. The second kappa shape index (κ2) is 5.92. The third kappa shape index (κ3) is 3.25. The zero-order chi connectivity index (χ0) is 12.1. The lowest BCUT2D eigenvalue weighted by Crippen LogP contribution is -2.33. The number of alkyl halides is 1. The van der Waals surface area contributed by atoms with Gasteiger partial charge in [-0.3, -0.25) is 14.3 Å². The van der Waals surface area contributed by atoms with Gasteiger partial charge in [0, 0.05) is 12.3 Å². The largest absolute Gasteiger partial charge is 0.352 e. The smallest absolute Gasteiger partial charge is 0.330 e. The molecule has 1 aromatic heterocycles. The van der Waals surface area contributed by atoms with Gasteiger partial charge in [0.25, 0.3) is 5.56 Å². The molecule has 1 heterocycles. The summed E-state index contributed by atoms with van der Waals surface area (Å²) in [5.41, 5.74) is -1.04. The Morgan fingerprint density at radius 3 is 2.81 bits per heavy atom. The minimum Gasteiger partial charge on any atom is -0.352 e. The van der Waals surface area contributed by atoms with Crippen molar-refractivity contribution in [3.8, 4) is 0 Å². The summed E-state index contributed by atoms with van der Waals surface area (Å²) in [5, 5.41) is 0. The first-order valence-corrected chi connectivity index (χ1v) is 5.63. The van der Waals surface area contributed by atoms with Gasteiger partial charge in [-0.15, -0.1) is 9.24 Å². The number of H-pyrrole nitrogens is 1. The first-order valence-electron chi connectivity index (χ1n) is 4.81. The van der Waals surface area contributed by atoms with Crippen LogP contribution in [0.4, 0.5) is 4.39 Å². The lowest BCUT2D eigenvalue weighted by atomic mass is 10.4. The highest BCUT2D eigenvalue weighted by molar-refractivity contribution is 7.16. The number of aromatic amines is 1. The molecule has 0 aromatic carbocycles. The quantitative estimate of drug-likeness (QED) is 0.761. The van der Waals surface area contributed by atoms with Crippen LogP contribution < -0.4 is 11.2 Å². The van der Waals surface area contributed by atoms with Crippen LogP contribution in [0.5, 0.6) is 0 Å². The van der Waals surface area contributed by atoms with E-state index >= 15 is 0 Å². The first kappa shape index (κ1) is 13.1. The highest BCUT2D eigenvalue weighted by Gasteiger charge is 2.13. The van der Waals surface area contributed by atoms with Crippen molar-refractivity contribution in [2.45, 2.75) is 19.3 Å². The number of nitrogens with zero attached hydrogens (tertiary/aromatic N) is 1. The molecule has 0 amide bonds. The van der Waals surface area contributed by atoms with Gasteiger partial charge in [-0.1, -0.05) is 0 Å². The molecular weight excluding hydrogens is 234 g/mol. The van der Waals surface area contributed by atoms with Crippen LogP contribution in [-0.2, 0) is 4.74 Å². The highest BCUT2D eigenvalue weighted by atomic mass is 31.0. The Hall–Kier alpha value is -1.00. The van der Waals surface area contributed by atoms with Crippen molar-refractivity contribution in [1.82, 2.24) is 9.55 Å². The molecule has 5 nitrogen and oxygen atoms in total. The summed E-state index contributed by atoms with van der Waals surface area (Å²) in [6.07, 6.45) is 0.576. The lowest BCUT2D eigenvalue weighted by Gasteiger charge is -2.20. The van der Waals surface area contributed by atoms with Crippen molar-refractivity contribution in [2.24, 2.45) is 0 Å². The topological polar surface area (TPSA) is 64.1 Å². The standard InChI is InChI=1S/C9H14FN2O3P/c1-6(15-7(4-10)5-16)12-3-2-8(13)11-9(12)14/h2-3,6-7H,4-5,16H2,1H3,(H,11,13,14). The van der Waals surface area contributed by atoms with Crippen molar-refractivity contribution in [1.29, 1.82) is 0 Å².